The van der Waals surface area contributed by atoms with Gasteiger partial charge in [-0.15, -0.1) is 0 Å². The highest BCUT2D eigenvalue weighted by molar-refractivity contribution is 4.93. The van der Waals surface area contributed by atoms with E-state index in [1.54, 1.807) is 0 Å². The molecule has 94 valence electrons. The number of hydrogen-bond donors (Lipinski definition) is 1. The van der Waals surface area contributed by atoms with Gasteiger partial charge in [0.1, 0.15) is 0 Å². The average molecular weight is 224 g/mol. The Hall–Kier alpha value is -0.0800. The minimum absolute atomic E-state index is 0.778. The van der Waals surface area contributed by atoms with E-state index >= 15 is 0 Å². The van der Waals surface area contributed by atoms with E-state index in [9.17, 15) is 0 Å². The Morgan fingerprint density at radius 1 is 1.06 bits per heavy atom. The Morgan fingerprint density at radius 3 is 2.19 bits per heavy atom. The summed E-state index contributed by atoms with van der Waals surface area (Å²) >= 11 is 0. The SMILES string of the molecule is CC(C)C(NC1CCC(N(C)C)C1)C1CC1. The summed E-state index contributed by atoms with van der Waals surface area (Å²) in [7, 11) is 4.43. The third-order valence-corrected chi connectivity index (χ3v) is 4.41. The van der Waals surface area contributed by atoms with Crippen LogP contribution in [0, 0.1) is 11.8 Å². The minimum atomic E-state index is 0.778. The smallest absolute Gasteiger partial charge is 0.0121 e. The molecule has 0 aromatic heterocycles. The number of nitrogens with one attached hydrogen (secondary N) is 1. The molecule has 0 heterocycles. The lowest BCUT2D eigenvalue weighted by Gasteiger charge is -2.27. The first-order valence-electron chi connectivity index (χ1n) is 7.00. The molecule has 0 aromatic carbocycles. The van der Waals surface area contributed by atoms with Crippen molar-refractivity contribution in [3.63, 3.8) is 0 Å². The van der Waals surface area contributed by atoms with Crippen LogP contribution in [-0.2, 0) is 0 Å². The van der Waals surface area contributed by atoms with Gasteiger partial charge in [-0.1, -0.05) is 13.8 Å². The van der Waals surface area contributed by atoms with Crippen molar-refractivity contribution >= 4 is 0 Å². The summed E-state index contributed by atoms with van der Waals surface area (Å²) in [5, 5.41) is 3.94. The van der Waals surface area contributed by atoms with Crippen molar-refractivity contribution in [2.75, 3.05) is 14.1 Å². The van der Waals surface area contributed by atoms with Crippen LogP contribution >= 0.6 is 0 Å². The van der Waals surface area contributed by atoms with E-state index < -0.39 is 0 Å². The van der Waals surface area contributed by atoms with Crippen molar-refractivity contribution in [1.82, 2.24) is 10.2 Å². The molecule has 3 unspecified atom stereocenters. The quantitative estimate of drug-likeness (QED) is 0.772. The maximum absolute atomic E-state index is 3.94. The first-order chi connectivity index (χ1) is 7.58. The van der Waals surface area contributed by atoms with Gasteiger partial charge < -0.3 is 10.2 Å². The zero-order chi connectivity index (χ0) is 11.7. The average Bonchev–Trinajstić information content (AvgIpc) is 2.92. The molecular weight excluding hydrogens is 196 g/mol. The minimum Gasteiger partial charge on any atom is -0.311 e. The highest BCUT2D eigenvalue weighted by Gasteiger charge is 2.36. The molecule has 0 radical (unpaired) electrons. The lowest BCUT2D eigenvalue weighted by molar-refractivity contribution is 0.278. The van der Waals surface area contributed by atoms with Crippen LogP contribution in [0.1, 0.15) is 46.0 Å². The van der Waals surface area contributed by atoms with Crippen LogP contribution in [0.2, 0.25) is 0 Å². The van der Waals surface area contributed by atoms with Crippen molar-refractivity contribution in [3.05, 3.63) is 0 Å². The summed E-state index contributed by atoms with van der Waals surface area (Å²) in [5.41, 5.74) is 0. The molecule has 1 N–H and O–H groups in total. The second kappa shape index (κ2) is 5.05. The first kappa shape index (κ1) is 12.4. The molecule has 2 nitrogen and oxygen atoms in total. The third kappa shape index (κ3) is 2.98. The van der Waals surface area contributed by atoms with Crippen molar-refractivity contribution in [1.29, 1.82) is 0 Å². The largest absolute Gasteiger partial charge is 0.311 e. The Kier molecular flexibility index (Phi) is 3.91. The highest BCUT2D eigenvalue weighted by atomic mass is 15.1. The molecule has 2 fully saturated rings. The fourth-order valence-electron chi connectivity index (χ4n) is 3.18. The van der Waals surface area contributed by atoms with E-state index in [0.717, 1.165) is 30.0 Å². The van der Waals surface area contributed by atoms with Crippen LogP contribution < -0.4 is 5.32 Å². The van der Waals surface area contributed by atoms with E-state index in [0.29, 0.717) is 0 Å². The lowest BCUT2D eigenvalue weighted by atomic mass is 9.98. The zero-order valence-electron chi connectivity index (χ0n) is 11.4. The second-order valence-corrected chi connectivity index (χ2v) is 6.40. The van der Waals surface area contributed by atoms with E-state index in [1.165, 1.54) is 32.1 Å². The molecule has 2 heteroatoms. The van der Waals surface area contributed by atoms with Gasteiger partial charge in [0.15, 0.2) is 0 Å². The Bertz CT molecular complexity index is 219. The molecule has 0 amide bonds. The van der Waals surface area contributed by atoms with Gasteiger partial charge in [-0.2, -0.15) is 0 Å². The van der Waals surface area contributed by atoms with Gasteiger partial charge in [-0.25, -0.2) is 0 Å². The molecule has 0 aromatic rings. The summed E-state index contributed by atoms with van der Waals surface area (Å²) < 4.78 is 0. The topological polar surface area (TPSA) is 15.3 Å². The molecule has 0 saturated heterocycles. The lowest BCUT2D eigenvalue weighted by Crippen LogP contribution is -2.42. The van der Waals surface area contributed by atoms with Crippen LogP contribution in [0.5, 0.6) is 0 Å². The fourth-order valence-corrected chi connectivity index (χ4v) is 3.18. The predicted molar refractivity (Wildman–Crippen MR) is 69.6 cm³/mol. The van der Waals surface area contributed by atoms with E-state index in [1.807, 2.05) is 0 Å². The van der Waals surface area contributed by atoms with Crippen LogP contribution in [0.3, 0.4) is 0 Å². The maximum atomic E-state index is 3.94. The van der Waals surface area contributed by atoms with E-state index in [-0.39, 0.29) is 0 Å². The monoisotopic (exact) mass is 224 g/mol. The third-order valence-electron chi connectivity index (χ3n) is 4.41. The summed E-state index contributed by atoms with van der Waals surface area (Å²) in [6.45, 7) is 4.74. The van der Waals surface area contributed by atoms with Gasteiger partial charge in [0, 0.05) is 18.1 Å². The molecule has 16 heavy (non-hydrogen) atoms. The molecule has 2 saturated carbocycles. The molecule has 0 bridgehead atoms. The molecule has 0 aliphatic heterocycles. The van der Waals surface area contributed by atoms with Crippen LogP contribution in [0.15, 0.2) is 0 Å². The molecule has 3 atom stereocenters. The maximum Gasteiger partial charge on any atom is 0.0121 e. The number of hydrogen-bond acceptors (Lipinski definition) is 2. The normalized spacial score (nSPS) is 32.6. The van der Waals surface area contributed by atoms with Crippen molar-refractivity contribution in [2.24, 2.45) is 11.8 Å². The van der Waals surface area contributed by atoms with Gasteiger partial charge in [0.05, 0.1) is 0 Å². The van der Waals surface area contributed by atoms with Crippen molar-refractivity contribution in [2.45, 2.75) is 64.1 Å². The standard InChI is InChI=1S/C14H28N2/c1-10(2)14(11-5-6-11)15-12-7-8-13(9-12)16(3)4/h10-15H,5-9H2,1-4H3. The van der Waals surface area contributed by atoms with Gasteiger partial charge in [0.2, 0.25) is 0 Å². The fraction of sp³-hybridized carbons (Fsp3) is 1.00. The predicted octanol–water partition coefficient (Wildman–Crippen LogP) is 2.49. The summed E-state index contributed by atoms with van der Waals surface area (Å²) in [5.74, 6) is 1.78. The van der Waals surface area contributed by atoms with Gasteiger partial charge in [-0.05, 0) is 58.0 Å². The first-order valence-corrected chi connectivity index (χ1v) is 7.00. The van der Waals surface area contributed by atoms with Crippen LogP contribution in [-0.4, -0.2) is 37.1 Å². The second-order valence-electron chi connectivity index (χ2n) is 6.40. The van der Waals surface area contributed by atoms with Crippen LogP contribution in [0.4, 0.5) is 0 Å². The van der Waals surface area contributed by atoms with Crippen molar-refractivity contribution < 1.29 is 0 Å². The zero-order valence-corrected chi connectivity index (χ0v) is 11.4. The number of nitrogens with zero attached hydrogens (tertiary/aromatic N) is 1. The molecule has 2 aliphatic carbocycles. The van der Waals surface area contributed by atoms with Gasteiger partial charge in [-0.3, -0.25) is 0 Å². The Morgan fingerprint density at radius 2 is 1.75 bits per heavy atom. The van der Waals surface area contributed by atoms with E-state index in [4.69, 9.17) is 0 Å². The summed E-state index contributed by atoms with van der Waals surface area (Å²) in [6.07, 6.45) is 7.02. The molecular formula is C14H28N2. The molecule has 2 rings (SSSR count). The number of rotatable bonds is 5. The van der Waals surface area contributed by atoms with Gasteiger partial charge in [0.25, 0.3) is 0 Å². The Balaban J connectivity index is 1.80. The molecule has 0 spiro atoms. The highest BCUT2D eigenvalue weighted by Crippen LogP contribution is 2.37. The summed E-state index contributed by atoms with van der Waals surface area (Å²) in [6, 6.07) is 2.37. The Labute approximate surface area is 101 Å². The van der Waals surface area contributed by atoms with Crippen LogP contribution in [0.25, 0.3) is 0 Å². The van der Waals surface area contributed by atoms with Gasteiger partial charge >= 0.3 is 0 Å². The van der Waals surface area contributed by atoms with Crippen molar-refractivity contribution in [3.8, 4) is 0 Å². The van der Waals surface area contributed by atoms with E-state index in [2.05, 4.69) is 38.2 Å². The summed E-state index contributed by atoms with van der Waals surface area (Å²) in [4.78, 5) is 2.39. The molecule has 2 aliphatic rings.